The molecule has 0 aliphatic carbocycles. The molecule has 6 nitrogen and oxygen atoms in total. The number of likely N-dealkylation sites (N-methyl/N-ethyl adjacent to an activating group) is 1. The van der Waals surface area contributed by atoms with Crippen LogP contribution in [0.25, 0.3) is 0 Å². The van der Waals surface area contributed by atoms with Crippen LogP contribution in [0.1, 0.15) is 28.7 Å². The average molecular weight is 349 g/mol. The monoisotopic (exact) mass is 348 g/mol. The molecular formula is C17H21ClN4O2. The van der Waals surface area contributed by atoms with Crippen molar-refractivity contribution in [2.24, 2.45) is 0 Å². The summed E-state index contributed by atoms with van der Waals surface area (Å²) in [6.45, 7) is 4.73. The van der Waals surface area contributed by atoms with Crippen LogP contribution in [0.2, 0.25) is 5.02 Å². The van der Waals surface area contributed by atoms with E-state index < -0.39 is 0 Å². The first kappa shape index (κ1) is 18.0. The quantitative estimate of drug-likeness (QED) is 0.870. The molecule has 2 amide bonds. The van der Waals surface area contributed by atoms with Crippen molar-refractivity contribution < 1.29 is 9.59 Å². The van der Waals surface area contributed by atoms with Gasteiger partial charge in [0.05, 0.1) is 12.2 Å². The molecule has 0 spiro atoms. The number of hydrogen-bond acceptors (Lipinski definition) is 3. The summed E-state index contributed by atoms with van der Waals surface area (Å²) >= 11 is 5.84. The number of aryl methyl sites for hydroxylation is 2. The number of amides is 2. The Morgan fingerprint density at radius 3 is 2.58 bits per heavy atom. The molecule has 1 aromatic carbocycles. The lowest BCUT2D eigenvalue weighted by Crippen LogP contribution is -2.38. The fourth-order valence-corrected chi connectivity index (χ4v) is 2.43. The predicted molar refractivity (Wildman–Crippen MR) is 92.9 cm³/mol. The van der Waals surface area contributed by atoms with Crippen molar-refractivity contribution in [1.82, 2.24) is 20.0 Å². The minimum absolute atomic E-state index is 0.0587. The first-order valence-corrected chi connectivity index (χ1v) is 8.09. The molecule has 0 radical (unpaired) electrons. The van der Waals surface area contributed by atoms with E-state index in [0.29, 0.717) is 23.8 Å². The predicted octanol–water partition coefficient (Wildman–Crippen LogP) is 2.25. The molecule has 0 saturated heterocycles. The first-order valence-electron chi connectivity index (χ1n) is 7.71. The van der Waals surface area contributed by atoms with Gasteiger partial charge in [-0.2, -0.15) is 5.10 Å². The summed E-state index contributed by atoms with van der Waals surface area (Å²) in [5, 5.41) is 7.53. The van der Waals surface area contributed by atoms with Gasteiger partial charge < -0.3 is 10.2 Å². The van der Waals surface area contributed by atoms with Gasteiger partial charge in [0.2, 0.25) is 5.91 Å². The average Bonchev–Trinajstić information content (AvgIpc) is 2.95. The fourth-order valence-electron chi connectivity index (χ4n) is 2.30. The maximum absolute atomic E-state index is 12.2. The van der Waals surface area contributed by atoms with Crippen molar-refractivity contribution in [3.63, 3.8) is 0 Å². The number of nitrogens with zero attached hydrogens (tertiary/aromatic N) is 3. The minimum atomic E-state index is -0.300. The van der Waals surface area contributed by atoms with E-state index in [4.69, 9.17) is 11.6 Å². The minimum Gasteiger partial charge on any atom is -0.342 e. The van der Waals surface area contributed by atoms with Gasteiger partial charge in [-0.1, -0.05) is 23.7 Å². The molecule has 0 aliphatic rings. The molecule has 2 aromatic rings. The Hall–Kier alpha value is -2.34. The Morgan fingerprint density at radius 1 is 1.29 bits per heavy atom. The summed E-state index contributed by atoms with van der Waals surface area (Å²) in [5.74, 6) is -0.469. The molecule has 0 unspecified atom stereocenters. The van der Waals surface area contributed by atoms with Gasteiger partial charge in [0.25, 0.3) is 5.91 Å². The van der Waals surface area contributed by atoms with Gasteiger partial charge in [-0.3, -0.25) is 14.3 Å². The topological polar surface area (TPSA) is 67.2 Å². The third kappa shape index (κ3) is 4.58. The highest BCUT2D eigenvalue weighted by atomic mass is 35.5. The molecule has 1 aromatic heterocycles. The van der Waals surface area contributed by atoms with E-state index in [1.807, 2.05) is 26.0 Å². The van der Waals surface area contributed by atoms with Gasteiger partial charge in [-0.05, 0) is 37.6 Å². The number of nitrogens with one attached hydrogen (secondary N) is 1. The van der Waals surface area contributed by atoms with Crippen LogP contribution >= 0.6 is 11.6 Å². The number of rotatable bonds is 6. The van der Waals surface area contributed by atoms with Crippen LogP contribution in [-0.4, -0.2) is 40.1 Å². The number of halogens is 1. The molecule has 128 valence electrons. The molecule has 0 saturated carbocycles. The lowest BCUT2D eigenvalue weighted by atomic mass is 10.2. The summed E-state index contributed by atoms with van der Waals surface area (Å²) in [4.78, 5) is 25.9. The summed E-state index contributed by atoms with van der Waals surface area (Å²) in [6.07, 6.45) is 0. The van der Waals surface area contributed by atoms with E-state index in [2.05, 4.69) is 10.4 Å². The normalized spacial score (nSPS) is 10.5. The first-order chi connectivity index (χ1) is 11.4. The standard InChI is InChI=1S/C17H21ClN4O2/c1-4-22-15(9-12(2)20-22)17(24)19-10-16(23)21(3)11-13-5-7-14(18)8-6-13/h5-9H,4,10-11H2,1-3H3,(H,19,24). The Morgan fingerprint density at radius 2 is 1.96 bits per heavy atom. The van der Waals surface area contributed by atoms with Gasteiger partial charge in [0, 0.05) is 25.2 Å². The van der Waals surface area contributed by atoms with E-state index in [0.717, 1.165) is 11.3 Å². The summed E-state index contributed by atoms with van der Waals surface area (Å²) < 4.78 is 1.62. The van der Waals surface area contributed by atoms with Crippen molar-refractivity contribution in [2.45, 2.75) is 26.9 Å². The highest BCUT2D eigenvalue weighted by Gasteiger charge is 2.15. The summed E-state index contributed by atoms with van der Waals surface area (Å²) in [5.41, 5.74) is 2.21. The molecule has 24 heavy (non-hydrogen) atoms. The smallest absolute Gasteiger partial charge is 0.269 e. The van der Waals surface area contributed by atoms with Gasteiger partial charge >= 0.3 is 0 Å². The van der Waals surface area contributed by atoms with Crippen LogP contribution in [0.4, 0.5) is 0 Å². The molecule has 1 heterocycles. The number of benzene rings is 1. The summed E-state index contributed by atoms with van der Waals surface area (Å²) in [7, 11) is 1.70. The van der Waals surface area contributed by atoms with Crippen molar-refractivity contribution in [1.29, 1.82) is 0 Å². The number of hydrogen-bond donors (Lipinski definition) is 1. The summed E-state index contributed by atoms with van der Waals surface area (Å²) in [6, 6.07) is 9.01. The Bertz CT molecular complexity index is 725. The Balaban J connectivity index is 1.89. The van der Waals surface area contributed by atoms with Gasteiger partial charge in [-0.25, -0.2) is 0 Å². The second kappa shape index (κ2) is 7.97. The van der Waals surface area contributed by atoms with E-state index in [1.165, 1.54) is 0 Å². The highest BCUT2D eigenvalue weighted by Crippen LogP contribution is 2.11. The van der Waals surface area contributed by atoms with E-state index in [1.54, 1.807) is 34.8 Å². The zero-order valence-electron chi connectivity index (χ0n) is 14.0. The van der Waals surface area contributed by atoms with Crippen LogP contribution < -0.4 is 5.32 Å². The van der Waals surface area contributed by atoms with Crippen molar-refractivity contribution in [2.75, 3.05) is 13.6 Å². The van der Waals surface area contributed by atoms with Gasteiger partial charge in [0.15, 0.2) is 0 Å². The number of carbonyl (C=O) groups is 2. The lowest BCUT2D eigenvalue weighted by Gasteiger charge is -2.17. The van der Waals surface area contributed by atoms with Gasteiger partial charge in [0.1, 0.15) is 5.69 Å². The second-order valence-corrected chi connectivity index (χ2v) is 5.98. The lowest BCUT2D eigenvalue weighted by molar-refractivity contribution is -0.129. The van der Waals surface area contributed by atoms with Crippen LogP contribution in [0, 0.1) is 6.92 Å². The molecule has 2 rings (SSSR count). The SMILES string of the molecule is CCn1nc(C)cc1C(=O)NCC(=O)N(C)Cc1ccc(Cl)cc1. The maximum Gasteiger partial charge on any atom is 0.269 e. The van der Waals surface area contributed by atoms with Crippen LogP contribution in [0.15, 0.2) is 30.3 Å². The second-order valence-electron chi connectivity index (χ2n) is 5.55. The van der Waals surface area contributed by atoms with Crippen molar-refractivity contribution in [3.05, 3.63) is 52.3 Å². The molecule has 7 heteroatoms. The maximum atomic E-state index is 12.2. The third-order valence-electron chi connectivity index (χ3n) is 3.59. The van der Waals surface area contributed by atoms with Crippen molar-refractivity contribution >= 4 is 23.4 Å². The number of aromatic nitrogens is 2. The molecule has 0 atom stereocenters. The zero-order chi connectivity index (χ0) is 17.7. The van der Waals surface area contributed by atoms with Crippen LogP contribution in [-0.2, 0) is 17.9 Å². The zero-order valence-corrected chi connectivity index (χ0v) is 14.8. The Kier molecular flexibility index (Phi) is 5.98. The van der Waals surface area contributed by atoms with E-state index >= 15 is 0 Å². The number of carbonyl (C=O) groups excluding carboxylic acids is 2. The van der Waals surface area contributed by atoms with E-state index in [9.17, 15) is 9.59 Å². The van der Waals surface area contributed by atoms with Crippen LogP contribution in [0.3, 0.4) is 0 Å². The molecular weight excluding hydrogens is 328 g/mol. The van der Waals surface area contributed by atoms with Gasteiger partial charge in [-0.15, -0.1) is 0 Å². The molecule has 1 N–H and O–H groups in total. The molecule has 0 aliphatic heterocycles. The fraction of sp³-hybridized carbons (Fsp3) is 0.353. The van der Waals surface area contributed by atoms with Crippen LogP contribution in [0.5, 0.6) is 0 Å². The Labute approximate surface area is 146 Å². The van der Waals surface area contributed by atoms with E-state index in [-0.39, 0.29) is 18.4 Å². The molecule has 0 bridgehead atoms. The highest BCUT2D eigenvalue weighted by molar-refractivity contribution is 6.30. The largest absolute Gasteiger partial charge is 0.342 e. The van der Waals surface area contributed by atoms with Crippen molar-refractivity contribution in [3.8, 4) is 0 Å². The third-order valence-corrected chi connectivity index (χ3v) is 3.85. The molecule has 0 fully saturated rings.